The lowest BCUT2D eigenvalue weighted by molar-refractivity contribution is -0.384. The van der Waals surface area contributed by atoms with E-state index in [1.165, 1.54) is 29.2 Å². The van der Waals surface area contributed by atoms with Gasteiger partial charge in [-0.05, 0) is 24.8 Å². The molecule has 216 valence electrons. The number of aliphatic carboxylic acids is 5. The summed E-state index contributed by atoms with van der Waals surface area (Å²) >= 11 is 0. The average molecular weight is 557 g/mol. The molecule has 0 heterocycles. The number of nitro benzene ring substituents is 1. The molecule has 2 atom stereocenters. The van der Waals surface area contributed by atoms with Gasteiger partial charge in [-0.2, -0.15) is 0 Å². The van der Waals surface area contributed by atoms with E-state index in [9.17, 15) is 49.4 Å². The maximum atomic E-state index is 11.6. The van der Waals surface area contributed by atoms with Crippen LogP contribution in [0.15, 0.2) is 24.3 Å². The van der Waals surface area contributed by atoms with Crippen molar-refractivity contribution >= 4 is 35.5 Å². The molecular formula is C23H32N4O12. The summed E-state index contributed by atoms with van der Waals surface area (Å²) in [7, 11) is 0. The smallest absolute Gasteiger partial charge is 0.332 e. The van der Waals surface area contributed by atoms with Gasteiger partial charge in [-0.1, -0.05) is 19.1 Å². The van der Waals surface area contributed by atoms with Gasteiger partial charge in [-0.25, -0.2) is 9.59 Å². The number of rotatable bonds is 20. The number of hydrogen-bond acceptors (Lipinski definition) is 10. The maximum absolute atomic E-state index is 11.6. The molecule has 0 saturated heterocycles. The molecule has 6 N–H and O–H groups in total. The van der Waals surface area contributed by atoms with Gasteiger partial charge in [0.05, 0.1) is 24.6 Å². The Morgan fingerprint density at radius 2 is 1.41 bits per heavy atom. The van der Waals surface area contributed by atoms with Gasteiger partial charge in [0, 0.05) is 37.3 Å². The van der Waals surface area contributed by atoms with Crippen molar-refractivity contribution in [2.75, 3.05) is 32.7 Å². The average Bonchev–Trinajstić information content (AvgIpc) is 2.82. The topological polar surface area (TPSA) is 248 Å². The number of nitro groups is 1. The van der Waals surface area contributed by atoms with Crippen molar-refractivity contribution < 1.29 is 54.4 Å². The van der Waals surface area contributed by atoms with Crippen molar-refractivity contribution in [1.82, 2.24) is 15.1 Å². The molecule has 0 saturated carbocycles. The van der Waals surface area contributed by atoms with Crippen LogP contribution < -0.4 is 5.32 Å². The Kier molecular flexibility index (Phi) is 13.4. The molecule has 0 amide bonds. The Hall–Kier alpha value is -4.15. The molecule has 39 heavy (non-hydrogen) atoms. The van der Waals surface area contributed by atoms with Crippen LogP contribution in [-0.4, -0.2) is 121 Å². The molecule has 0 fully saturated rings. The zero-order valence-electron chi connectivity index (χ0n) is 21.1. The first-order valence-corrected chi connectivity index (χ1v) is 11.8. The maximum Gasteiger partial charge on any atom is 0.332 e. The third kappa shape index (κ3) is 12.3. The molecule has 0 spiro atoms. The molecule has 1 aromatic rings. The fourth-order valence-corrected chi connectivity index (χ4v) is 3.95. The molecule has 1 rings (SSSR count). The molecule has 2 unspecified atom stereocenters. The minimum atomic E-state index is -1.88. The van der Waals surface area contributed by atoms with Gasteiger partial charge in [0.15, 0.2) is 0 Å². The van der Waals surface area contributed by atoms with Crippen molar-refractivity contribution in [3.8, 4) is 0 Å². The van der Waals surface area contributed by atoms with Crippen LogP contribution in [0.25, 0.3) is 0 Å². The molecule has 0 aliphatic carbocycles. The van der Waals surface area contributed by atoms with E-state index in [1.54, 1.807) is 6.92 Å². The summed E-state index contributed by atoms with van der Waals surface area (Å²) < 4.78 is 0. The second-order valence-electron chi connectivity index (χ2n) is 8.77. The van der Waals surface area contributed by atoms with Crippen molar-refractivity contribution in [1.29, 1.82) is 0 Å². The van der Waals surface area contributed by atoms with Gasteiger partial charge >= 0.3 is 29.8 Å². The molecular weight excluding hydrogens is 524 g/mol. The van der Waals surface area contributed by atoms with Gasteiger partial charge in [0.2, 0.25) is 6.04 Å². The number of non-ortho nitro benzene ring substituents is 1. The van der Waals surface area contributed by atoms with Crippen molar-refractivity contribution in [2.45, 2.75) is 44.3 Å². The zero-order chi connectivity index (χ0) is 29.7. The number of carboxylic acid groups (broad SMARTS) is 5. The van der Waals surface area contributed by atoms with E-state index in [-0.39, 0.29) is 31.6 Å². The molecule has 0 aliphatic heterocycles. The highest BCUT2D eigenvalue weighted by Crippen LogP contribution is 2.17. The largest absolute Gasteiger partial charge is 0.480 e. The fraction of sp³-hybridized carbons (Fsp3) is 0.522. The second-order valence-corrected chi connectivity index (χ2v) is 8.77. The van der Waals surface area contributed by atoms with E-state index in [0.29, 0.717) is 12.0 Å². The first kappa shape index (κ1) is 32.9. The number of benzene rings is 1. The molecule has 0 bridgehead atoms. The highest BCUT2D eigenvalue weighted by molar-refractivity contribution is 5.97. The third-order valence-electron chi connectivity index (χ3n) is 5.82. The van der Waals surface area contributed by atoms with E-state index >= 15 is 0 Å². The third-order valence-corrected chi connectivity index (χ3v) is 5.82. The van der Waals surface area contributed by atoms with Crippen LogP contribution in [0.3, 0.4) is 0 Å². The monoisotopic (exact) mass is 556 g/mol. The van der Waals surface area contributed by atoms with Gasteiger partial charge in [-0.15, -0.1) is 0 Å². The summed E-state index contributed by atoms with van der Waals surface area (Å²) in [5.41, 5.74) is 0.329. The summed E-state index contributed by atoms with van der Waals surface area (Å²) in [5.74, 6) is -7.06. The molecule has 1 aromatic carbocycles. The number of nitrogens with zero attached hydrogens (tertiary/aromatic N) is 3. The number of nitrogens with one attached hydrogen (secondary N) is 1. The van der Waals surface area contributed by atoms with Gasteiger partial charge < -0.3 is 25.5 Å². The van der Waals surface area contributed by atoms with Crippen molar-refractivity contribution in [3.63, 3.8) is 0 Å². The zero-order valence-corrected chi connectivity index (χ0v) is 21.1. The molecule has 0 aromatic heterocycles. The van der Waals surface area contributed by atoms with E-state index in [2.05, 4.69) is 5.32 Å². The molecule has 16 nitrogen and oxygen atoms in total. The Morgan fingerprint density at radius 1 is 0.897 bits per heavy atom. The first-order valence-electron chi connectivity index (χ1n) is 11.8. The van der Waals surface area contributed by atoms with Crippen LogP contribution >= 0.6 is 0 Å². The van der Waals surface area contributed by atoms with Crippen LogP contribution in [0.5, 0.6) is 0 Å². The van der Waals surface area contributed by atoms with Gasteiger partial charge in [0.25, 0.3) is 5.69 Å². The number of carbonyl (C=O) groups is 5. The molecule has 16 heteroatoms. The van der Waals surface area contributed by atoms with E-state index in [0.717, 1.165) is 4.90 Å². The molecule has 0 radical (unpaired) electrons. The predicted molar refractivity (Wildman–Crippen MR) is 132 cm³/mol. The Labute approximate surface area is 222 Å². The minimum Gasteiger partial charge on any atom is -0.480 e. The lowest BCUT2D eigenvalue weighted by Gasteiger charge is -2.34. The summed E-state index contributed by atoms with van der Waals surface area (Å²) in [6.45, 7) is -0.302. The Balaban J connectivity index is 3.23. The standard InChI is InChI=1S/C23H32N4O12/c1-2-15(24-21(22(34)35)23(36)37)7-8-25(11-18(28)29)10-17(26(12-19(30)31)13-20(32)33)9-14-3-5-16(6-4-14)27(38)39/h3-6,15,17,21,24H,2,7-13H2,1H3,(H,28,29)(H,30,31)(H,32,33)(H,34,35)(H,36,37). The highest BCUT2D eigenvalue weighted by Gasteiger charge is 2.30. The lowest BCUT2D eigenvalue weighted by Crippen LogP contribution is -2.51. The predicted octanol–water partition coefficient (Wildman–Crippen LogP) is -0.340. The first-order chi connectivity index (χ1) is 18.2. The normalized spacial score (nSPS) is 12.8. The number of carboxylic acids is 5. The highest BCUT2D eigenvalue weighted by atomic mass is 16.6. The fourth-order valence-electron chi connectivity index (χ4n) is 3.95. The minimum absolute atomic E-state index is 0.0223. The van der Waals surface area contributed by atoms with E-state index in [4.69, 9.17) is 10.2 Å². The van der Waals surface area contributed by atoms with Crippen molar-refractivity contribution in [3.05, 3.63) is 39.9 Å². The SMILES string of the molecule is CCC(CCN(CC(=O)O)CC(Cc1ccc([N+](=O)[O-])cc1)N(CC(=O)O)CC(=O)O)NC(C(=O)O)C(=O)O. The van der Waals surface area contributed by atoms with Crippen LogP contribution in [0, 0.1) is 10.1 Å². The van der Waals surface area contributed by atoms with Crippen LogP contribution in [0.1, 0.15) is 25.3 Å². The van der Waals surface area contributed by atoms with E-state index < -0.39 is 72.5 Å². The van der Waals surface area contributed by atoms with Gasteiger partial charge in [-0.3, -0.25) is 39.6 Å². The van der Waals surface area contributed by atoms with Gasteiger partial charge in [0.1, 0.15) is 0 Å². The summed E-state index contributed by atoms with van der Waals surface area (Å²) in [5, 5.41) is 59.8. The Morgan fingerprint density at radius 3 is 1.82 bits per heavy atom. The molecule has 0 aliphatic rings. The summed E-state index contributed by atoms with van der Waals surface area (Å²) in [6.07, 6.45) is 0.474. The van der Waals surface area contributed by atoms with Crippen LogP contribution in [-0.2, 0) is 30.4 Å². The quantitative estimate of drug-likeness (QED) is 0.0683. The Bertz CT molecular complexity index is 1000. The van der Waals surface area contributed by atoms with Crippen molar-refractivity contribution in [2.24, 2.45) is 0 Å². The lowest BCUT2D eigenvalue weighted by atomic mass is 10.0. The van der Waals surface area contributed by atoms with E-state index in [1.807, 2.05) is 0 Å². The summed E-state index contributed by atoms with van der Waals surface area (Å²) in [4.78, 5) is 69.9. The van der Waals surface area contributed by atoms with Crippen LogP contribution in [0.4, 0.5) is 5.69 Å². The second kappa shape index (κ2) is 16.0. The summed E-state index contributed by atoms with van der Waals surface area (Å²) in [6, 6.07) is 1.98. The van der Waals surface area contributed by atoms with Crippen LogP contribution in [0.2, 0.25) is 0 Å². The number of hydrogen-bond donors (Lipinski definition) is 6.